The lowest BCUT2D eigenvalue weighted by Gasteiger charge is -2.32. The molecule has 3 amide bonds. The van der Waals surface area contributed by atoms with Gasteiger partial charge < -0.3 is 30.4 Å². The fourth-order valence-corrected chi connectivity index (χ4v) is 5.67. The number of aryl methyl sites for hydroxylation is 1. The largest absolute Gasteiger partial charge is 0.454 e. The predicted octanol–water partition coefficient (Wildman–Crippen LogP) is -0.918. The van der Waals surface area contributed by atoms with E-state index < -0.39 is 47.8 Å². The van der Waals surface area contributed by atoms with Gasteiger partial charge in [0.25, 0.3) is 0 Å². The number of hydrogen-bond acceptors (Lipinski definition) is 22. The SMILES string of the molecule is C.C=C1C(=O)C(NC)C1O.C=C1CN=C(SC)N1.C=C1NC(=O)N(C)O1.CC(=O)Nc1ncn[nH]1.C[C@@H]1C(=O)C(=O)C1O.C[C@H]1OC(=O)CC1=O.C[C@H]1SC(=O)CC1=O.Cn1nc[nH]c1=O. The molecule has 6 aliphatic rings. The number of amides is 3. The zero-order valence-electron chi connectivity index (χ0n) is 36.7. The minimum absolute atomic E-state index is 0. The number of aliphatic imine (C=N–C) groups is 1. The normalized spacial score (nSPS) is 22.8. The van der Waals surface area contributed by atoms with Gasteiger partial charge in [-0.3, -0.25) is 59.0 Å². The smallest absolute Gasteiger partial charge is 0.357 e. The van der Waals surface area contributed by atoms with Crippen LogP contribution in [0.4, 0.5) is 10.7 Å². The number of thioether (sulfide) groups is 2. The van der Waals surface area contributed by atoms with E-state index in [1.807, 2.05) is 6.26 Å². The molecule has 0 bridgehead atoms. The van der Waals surface area contributed by atoms with Gasteiger partial charge in [0.15, 0.2) is 33.7 Å². The highest BCUT2D eigenvalue weighted by Gasteiger charge is 2.44. The molecule has 0 spiro atoms. The molecule has 26 nitrogen and oxygen atoms in total. The van der Waals surface area contributed by atoms with E-state index in [4.69, 9.17) is 10.2 Å². The lowest BCUT2D eigenvalue weighted by Crippen LogP contribution is -2.56. The second-order valence-corrected chi connectivity index (χ2v) is 15.5. The number of aromatic amines is 2. The number of urea groups is 1. The first-order valence-electron chi connectivity index (χ1n) is 18.8. The van der Waals surface area contributed by atoms with Crippen molar-refractivity contribution in [3.05, 3.63) is 60.0 Å². The predicted molar refractivity (Wildman–Crippen MR) is 241 cm³/mol. The van der Waals surface area contributed by atoms with Gasteiger partial charge in [0.05, 0.1) is 31.2 Å². The number of hydrogen-bond donors (Lipinski definition) is 8. The molecule has 8 rings (SSSR count). The van der Waals surface area contributed by atoms with Crippen molar-refractivity contribution in [3.63, 3.8) is 0 Å². The Hall–Kier alpha value is -6.62. The maximum atomic E-state index is 10.7. The molecule has 2 saturated carbocycles. The van der Waals surface area contributed by atoms with E-state index in [0.717, 1.165) is 34.2 Å². The Morgan fingerprint density at radius 3 is 1.77 bits per heavy atom. The molecule has 66 heavy (non-hydrogen) atoms. The summed E-state index contributed by atoms with van der Waals surface area (Å²) >= 11 is 2.75. The van der Waals surface area contributed by atoms with Gasteiger partial charge in [-0.25, -0.2) is 19.4 Å². The lowest BCUT2D eigenvalue weighted by molar-refractivity contribution is -0.157. The van der Waals surface area contributed by atoms with Crippen molar-refractivity contribution in [2.45, 2.75) is 77.6 Å². The number of H-pyrrole nitrogens is 2. The Labute approximate surface area is 387 Å². The van der Waals surface area contributed by atoms with Gasteiger partial charge in [0.2, 0.25) is 29.3 Å². The summed E-state index contributed by atoms with van der Waals surface area (Å²) in [5.41, 5.74) is 1.13. The van der Waals surface area contributed by atoms with Crippen LogP contribution in [-0.2, 0) is 55.0 Å². The average molecular weight is 969 g/mol. The van der Waals surface area contributed by atoms with Crippen LogP contribution in [0.3, 0.4) is 0 Å². The van der Waals surface area contributed by atoms with Gasteiger partial charge in [0, 0.05) is 25.2 Å². The number of esters is 1. The van der Waals surface area contributed by atoms with Crippen molar-refractivity contribution < 1.29 is 62.9 Å². The van der Waals surface area contributed by atoms with Gasteiger partial charge in [0.1, 0.15) is 37.3 Å². The number of carbonyl (C=O) groups excluding carboxylic acids is 9. The van der Waals surface area contributed by atoms with Crippen LogP contribution in [0.25, 0.3) is 0 Å². The number of nitrogens with zero attached hydrogens (tertiary/aromatic N) is 6. The van der Waals surface area contributed by atoms with Gasteiger partial charge in [-0.2, -0.15) is 20.2 Å². The van der Waals surface area contributed by atoms with E-state index in [1.165, 1.54) is 38.2 Å². The molecule has 2 aromatic heterocycles. The molecule has 2 aliphatic carbocycles. The number of Topliss-reactive ketones (excluding diaryl/α,β-unsaturated/α-hetero) is 5. The summed E-state index contributed by atoms with van der Waals surface area (Å²) in [5, 5.41) is 39.5. The zero-order chi connectivity index (χ0) is 49.7. The summed E-state index contributed by atoms with van der Waals surface area (Å²) in [5.74, 6) is -1.58. The van der Waals surface area contributed by atoms with E-state index >= 15 is 0 Å². The van der Waals surface area contributed by atoms with Crippen molar-refractivity contribution >= 4 is 86.6 Å². The Morgan fingerprint density at radius 2 is 1.58 bits per heavy atom. The maximum Gasteiger partial charge on any atom is 0.357 e. The summed E-state index contributed by atoms with van der Waals surface area (Å²) in [6.45, 7) is 17.5. The van der Waals surface area contributed by atoms with E-state index in [1.54, 1.807) is 39.7 Å². The van der Waals surface area contributed by atoms with E-state index in [2.05, 4.69) is 80.8 Å². The Balaban J connectivity index is 0.000000731. The highest BCUT2D eigenvalue weighted by Crippen LogP contribution is 2.23. The molecule has 3 saturated heterocycles. The van der Waals surface area contributed by atoms with Crippen LogP contribution in [0.1, 0.15) is 48.0 Å². The number of aliphatic hydroxyl groups excluding tert-OH is 2. The number of cyclic esters (lactones) is 1. The number of anilines is 1. The number of carbonyl (C=O) groups is 9. The molecule has 6 atom stereocenters. The number of amidine groups is 1. The molecule has 364 valence electrons. The molecule has 3 unspecified atom stereocenters. The summed E-state index contributed by atoms with van der Waals surface area (Å²) in [7, 11) is 4.73. The standard InChI is InChI=1S/C6H9NO2.C5H8N2S.2C5H6O3.C5H6O2S.C4H6N4O.C4H6N2O2.C3H5N3O.CH4/c1-3-5(8)4(7-2)6(3)9;1-4-3-6-5(7-4)8-2;1-3-4(6)2-5(7)8-3;1-2-3(6)5(8)4(2)7;1-3-4(6)2-5(7)8-3;1-3(9)7-4-5-2-6-8-4;1-3-5-4(7)6(2)8-3;1-6-3(7)4-2-5-6;/h4-5,7-8H,1H2,2H3;1,3H2,2H3,(H,6,7);3H,2H2,1H3;2-3,6H,1H3;3H,2H2,1H3;2H,1H3,(H2,5,6,7,8,9);1H2,2H3,(H,5,7);2H,1H3,(H,4,5,7);1H4/t;;3-;2-,3?;3-;;;;/m..101..../s1. The number of likely N-dealkylation sites (N-methyl/N-ethyl adjacent to an activating group) is 1. The third-order valence-corrected chi connectivity index (χ3v) is 9.88. The zero-order valence-corrected chi connectivity index (χ0v) is 38.3. The van der Waals surface area contributed by atoms with Crippen LogP contribution in [0.2, 0.25) is 0 Å². The van der Waals surface area contributed by atoms with Crippen molar-refractivity contribution in [2.75, 3.05) is 32.2 Å². The molecule has 0 aromatic carbocycles. The second-order valence-electron chi connectivity index (χ2n) is 13.3. The van der Waals surface area contributed by atoms with Crippen LogP contribution in [-0.4, -0.2) is 159 Å². The monoisotopic (exact) mass is 968 g/mol. The maximum absolute atomic E-state index is 10.7. The second kappa shape index (κ2) is 29.0. The molecule has 4 aliphatic heterocycles. The molecule has 8 N–H and O–H groups in total. The number of nitrogens with one attached hydrogen (secondary N) is 6. The van der Waals surface area contributed by atoms with Crippen LogP contribution in [0.5, 0.6) is 0 Å². The van der Waals surface area contributed by atoms with Gasteiger partial charge in [-0.05, 0) is 33.7 Å². The highest BCUT2D eigenvalue weighted by molar-refractivity contribution is 8.15. The Morgan fingerprint density at radius 1 is 0.939 bits per heavy atom. The first kappa shape index (κ1) is 59.4. The van der Waals surface area contributed by atoms with Crippen LogP contribution in [0, 0.1) is 5.92 Å². The number of rotatable bonds is 2. The fraction of sp³-hybridized carbons (Fsp3) is 0.474. The Bertz CT molecular complexity index is 2090. The van der Waals surface area contributed by atoms with Crippen molar-refractivity contribution in [1.82, 2.24) is 51.0 Å². The molecule has 5 fully saturated rings. The topological polar surface area (TPSA) is 369 Å². The van der Waals surface area contributed by atoms with Crippen LogP contribution < -0.4 is 27.0 Å². The number of ketones is 5. The molecule has 0 radical (unpaired) electrons. The summed E-state index contributed by atoms with van der Waals surface area (Å²) < 4.78 is 5.71. The summed E-state index contributed by atoms with van der Waals surface area (Å²) in [6.07, 6.45) is 2.60. The van der Waals surface area contributed by atoms with Gasteiger partial charge in [-0.1, -0.05) is 51.0 Å². The first-order valence-corrected chi connectivity index (χ1v) is 20.9. The van der Waals surface area contributed by atoms with Crippen molar-refractivity contribution in [1.29, 1.82) is 0 Å². The minimum Gasteiger partial charge on any atom is -0.454 e. The Kier molecular flexibility index (Phi) is 26.1. The van der Waals surface area contributed by atoms with E-state index in [0.29, 0.717) is 11.5 Å². The summed E-state index contributed by atoms with van der Waals surface area (Å²) in [6, 6.07) is -0.688. The van der Waals surface area contributed by atoms with Gasteiger partial charge in [-0.15, -0.1) is 0 Å². The summed E-state index contributed by atoms with van der Waals surface area (Å²) in [4.78, 5) is 118. The molecular weight excluding hydrogens is 913 g/mol. The number of aliphatic hydroxyl groups is 2. The van der Waals surface area contributed by atoms with Crippen molar-refractivity contribution in [2.24, 2.45) is 18.0 Å². The van der Waals surface area contributed by atoms with Gasteiger partial charge >= 0.3 is 17.7 Å². The lowest BCUT2D eigenvalue weighted by atomic mass is 9.81. The first-order chi connectivity index (χ1) is 30.3. The fourth-order valence-electron chi connectivity index (χ4n) is 4.40. The minimum atomic E-state index is -1.01. The number of ether oxygens (including phenoxy) is 1. The van der Waals surface area contributed by atoms with Crippen LogP contribution >= 0.6 is 23.5 Å². The molecule has 2 aromatic rings. The van der Waals surface area contributed by atoms with E-state index in [9.17, 15) is 47.9 Å². The highest BCUT2D eigenvalue weighted by atomic mass is 32.2. The molecule has 6 heterocycles. The van der Waals surface area contributed by atoms with Crippen LogP contribution in [0.15, 0.2) is 59.3 Å². The molecular formula is C38H56N12O14S2. The van der Waals surface area contributed by atoms with Crippen molar-refractivity contribution in [3.8, 4) is 0 Å². The van der Waals surface area contributed by atoms with E-state index in [-0.39, 0.29) is 71.5 Å². The molecule has 28 heteroatoms. The quantitative estimate of drug-likeness (QED) is 0.0781. The number of aromatic nitrogens is 6. The third kappa shape index (κ3) is 20.0. The third-order valence-electron chi connectivity index (χ3n) is 8.23. The average Bonchev–Trinajstić information content (AvgIpc) is 4.14. The number of hydroxylamine groups is 2.